The molecule has 0 aliphatic heterocycles. The molecule has 0 saturated heterocycles. The van der Waals surface area contributed by atoms with Gasteiger partial charge in [-0.3, -0.25) is 10.2 Å². The van der Waals surface area contributed by atoms with E-state index in [0.29, 0.717) is 6.61 Å². The summed E-state index contributed by atoms with van der Waals surface area (Å²) in [5.41, 5.74) is 12.6. The highest BCUT2D eigenvalue weighted by Crippen LogP contribution is 2.15. The fourth-order valence-corrected chi connectivity index (χ4v) is 2.15. The van der Waals surface area contributed by atoms with Crippen molar-refractivity contribution in [3.05, 3.63) is 66.2 Å². The van der Waals surface area contributed by atoms with E-state index in [2.05, 4.69) is 10.9 Å². The number of nitrogens with two attached hydrogens (primary N) is 1. The van der Waals surface area contributed by atoms with Gasteiger partial charge in [-0.1, -0.05) is 62.4 Å². The third-order valence-corrected chi connectivity index (χ3v) is 3.75. The molecule has 0 bridgehead atoms. The highest BCUT2D eigenvalue weighted by Gasteiger charge is 2.19. The average Bonchev–Trinajstić information content (AvgIpc) is 2.62. The van der Waals surface area contributed by atoms with Gasteiger partial charge in [-0.15, -0.1) is 0 Å². The van der Waals surface area contributed by atoms with Crippen LogP contribution in [0.25, 0.3) is 0 Å². The number of ether oxygens (including phenoxy) is 1. The fourth-order valence-electron chi connectivity index (χ4n) is 2.15. The highest BCUT2D eigenvalue weighted by atomic mass is 16.5. The van der Waals surface area contributed by atoms with Gasteiger partial charge in [-0.05, 0) is 23.6 Å². The molecular weight excluding hydrogens is 302 g/mol. The van der Waals surface area contributed by atoms with Crippen LogP contribution in [-0.2, 0) is 4.79 Å². The van der Waals surface area contributed by atoms with Crippen LogP contribution >= 0.6 is 0 Å². The minimum atomic E-state index is -0.552. The Hall–Kier alpha value is -2.37. The minimum Gasteiger partial charge on any atom is -0.492 e. The molecule has 24 heavy (non-hydrogen) atoms. The smallest absolute Gasteiger partial charge is 0.251 e. The zero-order chi connectivity index (χ0) is 17.4. The van der Waals surface area contributed by atoms with Crippen molar-refractivity contribution in [2.24, 2.45) is 11.7 Å². The molecule has 0 fully saturated rings. The summed E-state index contributed by atoms with van der Waals surface area (Å²) >= 11 is 0. The summed E-state index contributed by atoms with van der Waals surface area (Å²) < 4.78 is 5.82. The highest BCUT2D eigenvalue weighted by molar-refractivity contribution is 5.81. The van der Waals surface area contributed by atoms with E-state index in [9.17, 15) is 4.79 Å². The molecular formula is C19H25N3O2. The monoisotopic (exact) mass is 327 g/mol. The molecule has 0 heterocycles. The number of nitrogens with one attached hydrogen (secondary N) is 2. The molecule has 0 aliphatic rings. The Balaban J connectivity index is 1.99. The standard InChI is InChI=1S/C19H25N3O2/c1-14(2)18(20)19(23)22-21-17(15-9-5-3-6-10-15)13-24-16-11-7-4-8-12-16/h3-12,14,17-18,21H,13,20H2,1-2H3,(H,22,23)/t17?,18-/m0/s1. The number of carbonyl (C=O) groups is 1. The first-order valence-corrected chi connectivity index (χ1v) is 8.11. The maximum Gasteiger partial charge on any atom is 0.251 e. The summed E-state index contributed by atoms with van der Waals surface area (Å²) in [6.45, 7) is 4.21. The normalized spacial score (nSPS) is 13.3. The lowest BCUT2D eigenvalue weighted by molar-refractivity contribution is -0.124. The lowest BCUT2D eigenvalue weighted by atomic mass is 10.1. The van der Waals surface area contributed by atoms with Crippen LogP contribution in [0.3, 0.4) is 0 Å². The zero-order valence-corrected chi connectivity index (χ0v) is 14.1. The Bertz CT molecular complexity index is 617. The summed E-state index contributed by atoms with van der Waals surface area (Å²) in [5, 5.41) is 0. The average molecular weight is 327 g/mol. The lowest BCUT2D eigenvalue weighted by Crippen LogP contribution is -2.51. The van der Waals surface area contributed by atoms with Gasteiger partial charge in [0.15, 0.2) is 0 Å². The van der Waals surface area contributed by atoms with E-state index in [0.717, 1.165) is 11.3 Å². The van der Waals surface area contributed by atoms with Crippen LogP contribution in [0.15, 0.2) is 60.7 Å². The van der Waals surface area contributed by atoms with E-state index < -0.39 is 6.04 Å². The molecule has 4 N–H and O–H groups in total. The second-order valence-electron chi connectivity index (χ2n) is 5.99. The second-order valence-corrected chi connectivity index (χ2v) is 5.99. The van der Waals surface area contributed by atoms with Gasteiger partial charge >= 0.3 is 0 Å². The van der Waals surface area contributed by atoms with Gasteiger partial charge in [-0.25, -0.2) is 5.43 Å². The van der Waals surface area contributed by atoms with Gasteiger partial charge in [0.25, 0.3) is 5.91 Å². The molecule has 2 rings (SSSR count). The van der Waals surface area contributed by atoms with E-state index in [-0.39, 0.29) is 17.9 Å². The van der Waals surface area contributed by atoms with Gasteiger partial charge in [0.2, 0.25) is 0 Å². The van der Waals surface area contributed by atoms with Crippen molar-refractivity contribution in [3.63, 3.8) is 0 Å². The third-order valence-electron chi connectivity index (χ3n) is 3.75. The quantitative estimate of drug-likeness (QED) is 0.651. The van der Waals surface area contributed by atoms with Crippen LogP contribution in [0, 0.1) is 5.92 Å². The number of carbonyl (C=O) groups excluding carboxylic acids is 1. The van der Waals surface area contributed by atoms with Gasteiger partial charge in [0.05, 0.1) is 12.1 Å². The van der Waals surface area contributed by atoms with Crippen LogP contribution < -0.4 is 21.3 Å². The van der Waals surface area contributed by atoms with Crippen molar-refractivity contribution in [2.45, 2.75) is 25.9 Å². The molecule has 5 heteroatoms. The Kier molecular flexibility index (Phi) is 6.78. The summed E-state index contributed by atoms with van der Waals surface area (Å²) in [6.07, 6.45) is 0. The van der Waals surface area contributed by atoms with Crippen LogP contribution in [0.1, 0.15) is 25.5 Å². The van der Waals surface area contributed by atoms with Crippen molar-refractivity contribution in [1.82, 2.24) is 10.9 Å². The van der Waals surface area contributed by atoms with Crippen molar-refractivity contribution in [2.75, 3.05) is 6.61 Å². The molecule has 0 saturated carbocycles. The molecule has 0 radical (unpaired) electrons. The number of amides is 1. The first kappa shape index (κ1) is 18.0. The molecule has 0 aliphatic carbocycles. The molecule has 2 aromatic rings. The van der Waals surface area contributed by atoms with Gasteiger partial charge in [0, 0.05) is 0 Å². The topological polar surface area (TPSA) is 76.4 Å². The first-order chi connectivity index (χ1) is 11.6. The second kappa shape index (κ2) is 9.05. The van der Waals surface area contributed by atoms with Gasteiger partial charge in [0.1, 0.15) is 12.4 Å². The predicted molar refractivity (Wildman–Crippen MR) is 95.2 cm³/mol. The van der Waals surface area contributed by atoms with E-state index in [1.165, 1.54) is 0 Å². The summed E-state index contributed by atoms with van der Waals surface area (Å²) in [5.74, 6) is 0.624. The maximum absolute atomic E-state index is 12.1. The van der Waals surface area contributed by atoms with E-state index in [1.807, 2.05) is 74.5 Å². The maximum atomic E-state index is 12.1. The minimum absolute atomic E-state index is 0.0718. The number of para-hydroxylation sites is 1. The molecule has 0 spiro atoms. The molecule has 2 aromatic carbocycles. The Morgan fingerprint density at radius 2 is 1.62 bits per heavy atom. The fraction of sp³-hybridized carbons (Fsp3) is 0.316. The van der Waals surface area contributed by atoms with Crippen molar-refractivity contribution in [1.29, 1.82) is 0 Å². The molecule has 2 atom stereocenters. The molecule has 0 aromatic heterocycles. The largest absolute Gasteiger partial charge is 0.492 e. The number of hydrogen-bond donors (Lipinski definition) is 3. The van der Waals surface area contributed by atoms with Crippen molar-refractivity contribution >= 4 is 5.91 Å². The van der Waals surface area contributed by atoms with Crippen LogP contribution in [0.4, 0.5) is 0 Å². The summed E-state index contributed by atoms with van der Waals surface area (Å²) in [7, 11) is 0. The number of rotatable bonds is 8. The van der Waals surface area contributed by atoms with E-state index in [1.54, 1.807) is 0 Å². The third kappa shape index (κ3) is 5.37. The Morgan fingerprint density at radius 3 is 2.21 bits per heavy atom. The Labute approximate surface area is 143 Å². The molecule has 128 valence electrons. The first-order valence-electron chi connectivity index (χ1n) is 8.11. The van der Waals surface area contributed by atoms with E-state index >= 15 is 0 Å². The summed E-state index contributed by atoms with van der Waals surface area (Å²) in [4.78, 5) is 12.1. The van der Waals surface area contributed by atoms with Crippen LogP contribution in [0.5, 0.6) is 5.75 Å². The van der Waals surface area contributed by atoms with Crippen molar-refractivity contribution in [3.8, 4) is 5.75 Å². The lowest BCUT2D eigenvalue weighted by Gasteiger charge is -2.22. The Morgan fingerprint density at radius 1 is 1.04 bits per heavy atom. The number of hydrogen-bond acceptors (Lipinski definition) is 4. The van der Waals surface area contributed by atoms with Crippen molar-refractivity contribution < 1.29 is 9.53 Å². The van der Waals surface area contributed by atoms with Crippen LogP contribution in [-0.4, -0.2) is 18.6 Å². The summed E-state index contributed by atoms with van der Waals surface area (Å²) in [6, 6.07) is 18.7. The van der Waals surface area contributed by atoms with Crippen LogP contribution in [0.2, 0.25) is 0 Å². The predicted octanol–water partition coefficient (Wildman–Crippen LogP) is 2.41. The van der Waals surface area contributed by atoms with Gasteiger partial charge < -0.3 is 10.5 Å². The SMILES string of the molecule is CC(C)[C@H](N)C(=O)NNC(COc1ccccc1)c1ccccc1. The molecule has 5 nitrogen and oxygen atoms in total. The number of hydrazine groups is 1. The van der Waals surface area contributed by atoms with Gasteiger partial charge in [-0.2, -0.15) is 0 Å². The zero-order valence-electron chi connectivity index (χ0n) is 14.1. The number of benzene rings is 2. The molecule has 1 amide bonds. The molecule has 1 unspecified atom stereocenters. The van der Waals surface area contributed by atoms with E-state index in [4.69, 9.17) is 10.5 Å².